The van der Waals surface area contributed by atoms with Crippen molar-refractivity contribution in [3.05, 3.63) is 18.2 Å². The Morgan fingerprint density at radius 3 is 2.42 bits per heavy atom. The predicted molar refractivity (Wildman–Crippen MR) is 98.8 cm³/mol. The zero-order chi connectivity index (χ0) is 23.0. The second kappa shape index (κ2) is 7.11. The van der Waals surface area contributed by atoms with Crippen LogP contribution >= 0.6 is 23.5 Å². The zero-order valence-electron chi connectivity index (χ0n) is 15.8. The van der Waals surface area contributed by atoms with Crippen LogP contribution in [0.1, 0.15) is 19.5 Å². The van der Waals surface area contributed by atoms with Crippen LogP contribution in [0, 0.1) is 11.8 Å². The molecule has 31 heavy (non-hydrogen) atoms. The molecule has 16 nitrogen and oxygen atoms in total. The topological polar surface area (TPSA) is 238 Å². The van der Waals surface area contributed by atoms with E-state index >= 15 is 0 Å². The number of phosphoric acid groups is 3. The summed E-state index contributed by atoms with van der Waals surface area (Å²) in [5.74, 6) is -0.531. The minimum Gasteiger partial charge on any atom is -0.381 e. The smallest absolute Gasteiger partial charge is 0.381 e. The highest BCUT2D eigenvalue weighted by Gasteiger charge is 2.70. The summed E-state index contributed by atoms with van der Waals surface area (Å²) in [4.78, 5) is 44.2. The third-order valence-corrected chi connectivity index (χ3v) is 9.12. The molecular weight excluding hydrogens is 483 g/mol. The van der Waals surface area contributed by atoms with E-state index in [-0.39, 0.29) is 11.7 Å². The van der Waals surface area contributed by atoms with Gasteiger partial charge in [0.05, 0.1) is 18.0 Å². The molecule has 3 heterocycles. The van der Waals surface area contributed by atoms with Crippen molar-refractivity contribution in [1.82, 2.24) is 19.6 Å². The molecule has 19 heteroatoms. The third kappa shape index (κ3) is 4.22. The van der Waals surface area contributed by atoms with Gasteiger partial charge in [0.1, 0.15) is 18.0 Å². The number of anilines is 1. The Morgan fingerprint density at radius 2 is 1.84 bits per heavy atom. The van der Waals surface area contributed by atoms with Gasteiger partial charge in [0, 0.05) is 5.92 Å². The summed E-state index contributed by atoms with van der Waals surface area (Å²) in [6.45, 7) is 3.57. The van der Waals surface area contributed by atoms with Gasteiger partial charge in [0.2, 0.25) is 0 Å². The molecule has 1 saturated carbocycles. The number of rotatable bonds is 7. The maximum Gasteiger partial charge on any atom is 0.490 e. The minimum absolute atomic E-state index is 0.172. The molecule has 172 valence electrons. The van der Waals surface area contributed by atoms with Gasteiger partial charge in [-0.1, -0.05) is 6.92 Å². The van der Waals surface area contributed by atoms with Crippen molar-refractivity contribution in [3.63, 3.8) is 0 Å². The molecule has 2 fully saturated rings. The number of fused-ring (bicyclic) bond motifs is 2. The first-order valence-electron chi connectivity index (χ1n) is 8.58. The van der Waals surface area contributed by atoms with Crippen LogP contribution < -0.4 is 5.73 Å². The number of nitrogens with zero attached hydrogens (tertiary/aromatic N) is 4. The Morgan fingerprint density at radius 1 is 1.16 bits per heavy atom. The van der Waals surface area contributed by atoms with E-state index in [4.69, 9.17) is 24.8 Å². The van der Waals surface area contributed by atoms with Gasteiger partial charge in [0.15, 0.2) is 11.5 Å². The molecule has 2 aliphatic rings. The van der Waals surface area contributed by atoms with Gasteiger partial charge in [0.25, 0.3) is 0 Å². The molecule has 0 spiro atoms. The second-order valence-corrected chi connectivity index (χ2v) is 11.6. The van der Waals surface area contributed by atoms with Crippen molar-refractivity contribution in [3.8, 4) is 0 Å². The van der Waals surface area contributed by atoms with E-state index < -0.39 is 47.2 Å². The highest BCUT2D eigenvalue weighted by molar-refractivity contribution is 7.66. The number of hydrogen-bond acceptors (Lipinski definition) is 11. The Hall–Kier alpha value is -1.28. The minimum atomic E-state index is -5.59. The molecule has 1 aliphatic heterocycles. The zero-order valence-corrected chi connectivity index (χ0v) is 18.5. The fourth-order valence-corrected chi connectivity index (χ4v) is 7.03. The van der Waals surface area contributed by atoms with Crippen LogP contribution in [0.4, 0.5) is 5.82 Å². The summed E-state index contributed by atoms with van der Waals surface area (Å²) < 4.78 is 54.1. The third-order valence-electron chi connectivity index (χ3n) is 5.28. The van der Waals surface area contributed by atoms with E-state index in [2.05, 4.69) is 23.7 Å². The van der Waals surface area contributed by atoms with Gasteiger partial charge in [-0.3, -0.25) is 4.52 Å². The van der Waals surface area contributed by atoms with Crippen molar-refractivity contribution >= 4 is 34.9 Å². The van der Waals surface area contributed by atoms with Crippen molar-refractivity contribution in [2.45, 2.75) is 31.7 Å². The molecule has 1 saturated heterocycles. The summed E-state index contributed by atoms with van der Waals surface area (Å²) in [5.41, 5.74) is 5.76. The molecule has 0 amide bonds. The molecular formula is C12H18N5O11P3. The summed E-state index contributed by atoms with van der Waals surface area (Å²) >= 11 is 0. The lowest BCUT2D eigenvalue weighted by atomic mass is 9.85. The summed E-state index contributed by atoms with van der Waals surface area (Å²) in [6, 6.07) is 0. The molecule has 2 aromatic rings. The predicted octanol–water partition coefficient (Wildman–Crippen LogP) is 0.298. The first-order chi connectivity index (χ1) is 14.1. The van der Waals surface area contributed by atoms with Crippen LogP contribution in [0.15, 0.2) is 12.5 Å². The first kappa shape index (κ1) is 22.9. The van der Waals surface area contributed by atoms with Crippen LogP contribution in [0.5, 0.6) is 0 Å². The maximum absolute atomic E-state index is 12.1. The fourth-order valence-electron chi connectivity index (χ4n) is 3.80. The number of ether oxygens (including phenoxy) is 1. The van der Waals surface area contributed by atoms with Gasteiger partial charge in [-0.15, -0.1) is 0 Å². The lowest BCUT2D eigenvalue weighted by Crippen LogP contribution is -2.34. The lowest BCUT2D eigenvalue weighted by Gasteiger charge is -2.31. The van der Waals surface area contributed by atoms with E-state index in [1.54, 1.807) is 13.8 Å². The standard InChI is InChI=1S/C12H18N5O11P3/c1-5-7-8(9(7)26-30(21,22)28-31(23,24)27-29(18,19)20)25-12(5,2)6-3-14-11-10(13)15-4-16-17(6)11/h3-5,7-9H,1-2H3,(H,21,22)(H,23,24)(H2,13,15,16)(H2,18,19,20). The van der Waals surface area contributed by atoms with Crippen LogP contribution in [0.25, 0.3) is 5.65 Å². The Balaban J connectivity index is 1.48. The number of aromatic nitrogens is 4. The SMILES string of the molecule is CC1C2C(OC1(C)c1cnc3c(N)ncnn13)C2OP(=O)(O)OP(=O)(O)OP(=O)(O)O. The van der Waals surface area contributed by atoms with Gasteiger partial charge >= 0.3 is 23.5 Å². The number of nitrogen functional groups attached to an aromatic ring is 1. The average Bonchev–Trinajstić information content (AvgIpc) is 2.94. The van der Waals surface area contributed by atoms with E-state index in [0.29, 0.717) is 11.3 Å². The fraction of sp³-hybridized carbons (Fsp3) is 0.583. The molecule has 7 atom stereocenters. The first-order valence-corrected chi connectivity index (χ1v) is 13.1. The van der Waals surface area contributed by atoms with E-state index in [9.17, 15) is 23.5 Å². The number of imidazole rings is 1. The average molecular weight is 501 g/mol. The molecule has 0 radical (unpaired) electrons. The van der Waals surface area contributed by atoms with E-state index in [1.807, 2.05) is 0 Å². The Bertz CT molecular complexity index is 1180. The molecule has 2 aromatic heterocycles. The Kier molecular flexibility index (Phi) is 5.25. The summed E-state index contributed by atoms with van der Waals surface area (Å²) in [7, 11) is -16.3. The van der Waals surface area contributed by atoms with Crippen molar-refractivity contribution in [2.24, 2.45) is 11.8 Å². The van der Waals surface area contributed by atoms with Gasteiger partial charge in [-0.25, -0.2) is 28.2 Å². The van der Waals surface area contributed by atoms with E-state index in [0.717, 1.165) is 0 Å². The maximum atomic E-state index is 12.1. The molecule has 4 rings (SSSR count). The Labute approximate surface area is 173 Å². The molecule has 0 aromatic carbocycles. The van der Waals surface area contributed by atoms with Crippen LogP contribution in [-0.2, 0) is 37.2 Å². The lowest BCUT2D eigenvalue weighted by molar-refractivity contribution is -0.0697. The van der Waals surface area contributed by atoms with Crippen molar-refractivity contribution in [1.29, 1.82) is 0 Å². The summed E-state index contributed by atoms with van der Waals surface area (Å²) in [6.07, 6.45) is 1.14. The van der Waals surface area contributed by atoms with Crippen LogP contribution in [-0.4, -0.2) is 51.4 Å². The van der Waals surface area contributed by atoms with E-state index in [1.165, 1.54) is 17.0 Å². The molecule has 6 N–H and O–H groups in total. The van der Waals surface area contributed by atoms with Crippen molar-refractivity contribution < 1.29 is 51.2 Å². The molecule has 7 unspecified atom stereocenters. The highest BCUT2D eigenvalue weighted by Crippen LogP contribution is 2.69. The van der Waals surface area contributed by atoms with Crippen LogP contribution in [0.3, 0.4) is 0 Å². The monoisotopic (exact) mass is 501 g/mol. The number of hydrogen-bond donors (Lipinski definition) is 5. The highest BCUT2D eigenvalue weighted by atomic mass is 31.3. The largest absolute Gasteiger partial charge is 0.490 e. The van der Waals surface area contributed by atoms with Crippen molar-refractivity contribution in [2.75, 3.05) is 5.73 Å². The quantitative estimate of drug-likeness (QED) is 0.321. The number of nitrogens with two attached hydrogens (primary N) is 1. The number of phosphoric ester groups is 1. The summed E-state index contributed by atoms with van der Waals surface area (Å²) in [5, 5.41) is 4.12. The normalized spacial score (nSPS) is 34.3. The van der Waals surface area contributed by atoms with Crippen LogP contribution in [0.2, 0.25) is 0 Å². The molecule has 0 bridgehead atoms. The molecule has 1 aliphatic carbocycles. The van der Waals surface area contributed by atoms with Gasteiger partial charge in [-0.05, 0) is 12.8 Å². The second-order valence-electron chi connectivity index (χ2n) is 7.24. The van der Waals surface area contributed by atoms with Gasteiger partial charge < -0.3 is 30.0 Å². The van der Waals surface area contributed by atoms with Gasteiger partial charge in [-0.2, -0.15) is 13.7 Å².